The predicted molar refractivity (Wildman–Crippen MR) is 140 cm³/mol. The van der Waals surface area contributed by atoms with Gasteiger partial charge in [0.05, 0.1) is 0 Å². The first kappa shape index (κ1) is 25.5. The first-order valence-corrected chi connectivity index (χ1v) is 11.3. The molecule has 0 aliphatic heterocycles. The molecule has 0 spiro atoms. The predicted octanol–water partition coefficient (Wildman–Crippen LogP) is 6.14. The Morgan fingerprint density at radius 3 is 2.49 bits per heavy atom. The summed E-state index contributed by atoms with van der Waals surface area (Å²) in [6, 6.07) is 18.0. The van der Waals surface area contributed by atoms with Crippen molar-refractivity contribution >= 4 is 40.9 Å². The van der Waals surface area contributed by atoms with Crippen molar-refractivity contribution in [3.05, 3.63) is 93.0 Å². The van der Waals surface area contributed by atoms with E-state index in [1.807, 2.05) is 64.1 Å². The van der Waals surface area contributed by atoms with Gasteiger partial charge in [0.1, 0.15) is 17.4 Å². The van der Waals surface area contributed by atoms with E-state index in [9.17, 15) is 14.9 Å². The number of amides is 2. The molecule has 3 aromatic rings. The van der Waals surface area contributed by atoms with Crippen LogP contribution in [-0.2, 0) is 9.59 Å². The summed E-state index contributed by atoms with van der Waals surface area (Å²) < 4.78 is 5.72. The number of carbonyl (C=O) groups is 2. The van der Waals surface area contributed by atoms with Crippen LogP contribution >= 0.6 is 11.6 Å². The molecule has 0 aliphatic carbocycles. The van der Waals surface area contributed by atoms with Crippen LogP contribution in [0.5, 0.6) is 5.75 Å². The van der Waals surface area contributed by atoms with Crippen LogP contribution in [0.15, 0.2) is 60.2 Å². The second-order valence-corrected chi connectivity index (χ2v) is 8.65. The molecular weight excluding hydrogens is 462 g/mol. The molecule has 0 saturated heterocycles. The molecule has 0 fully saturated rings. The fourth-order valence-electron chi connectivity index (χ4n) is 3.34. The number of nitrogens with one attached hydrogen (secondary N) is 2. The quantitative estimate of drug-likeness (QED) is 0.309. The first-order chi connectivity index (χ1) is 16.7. The summed E-state index contributed by atoms with van der Waals surface area (Å²) in [6.07, 6.45) is 1.39. The number of aryl methyl sites for hydroxylation is 3. The van der Waals surface area contributed by atoms with Crippen LogP contribution in [-0.4, -0.2) is 18.4 Å². The number of nitriles is 1. The molecule has 0 heterocycles. The van der Waals surface area contributed by atoms with Gasteiger partial charge < -0.3 is 15.4 Å². The van der Waals surface area contributed by atoms with Gasteiger partial charge in [-0.25, -0.2) is 0 Å². The summed E-state index contributed by atoms with van der Waals surface area (Å²) in [4.78, 5) is 25.3. The molecule has 3 rings (SSSR count). The molecule has 0 saturated carbocycles. The maximum atomic E-state index is 12.8. The van der Waals surface area contributed by atoms with Gasteiger partial charge in [0.15, 0.2) is 6.61 Å². The third kappa shape index (κ3) is 6.72. The van der Waals surface area contributed by atoms with E-state index in [-0.39, 0.29) is 18.1 Å². The Morgan fingerprint density at radius 1 is 0.971 bits per heavy atom. The van der Waals surface area contributed by atoms with Crippen LogP contribution in [0.3, 0.4) is 0 Å². The molecule has 0 unspecified atom stereocenters. The first-order valence-electron chi connectivity index (χ1n) is 11.0. The summed E-state index contributed by atoms with van der Waals surface area (Å²) >= 11 is 6.15. The summed E-state index contributed by atoms with van der Waals surface area (Å²) in [7, 11) is 0. The number of hydrogen-bond donors (Lipinski definition) is 2. The Balaban J connectivity index is 1.78. The molecule has 0 atom stereocenters. The lowest BCUT2D eigenvalue weighted by Gasteiger charge is -2.13. The van der Waals surface area contributed by atoms with Crippen molar-refractivity contribution in [1.29, 1.82) is 5.26 Å². The Labute approximate surface area is 210 Å². The molecule has 0 aliphatic rings. The Hall–Kier alpha value is -4.08. The standard InChI is InChI=1S/C28H26ClN3O3/c1-17-8-9-19(3)25(12-17)31-27(33)16-35-26-11-10-23(29)14-21(26)13-22(15-30)28(34)32-24-7-5-6-18(2)20(24)4/h5-14H,16H2,1-4H3,(H,31,33)(H,32,34)/b22-13-. The van der Waals surface area contributed by atoms with Gasteiger partial charge in [-0.1, -0.05) is 35.9 Å². The van der Waals surface area contributed by atoms with E-state index in [4.69, 9.17) is 16.3 Å². The fourth-order valence-corrected chi connectivity index (χ4v) is 3.52. The molecular formula is C28H26ClN3O3. The van der Waals surface area contributed by atoms with Gasteiger partial charge >= 0.3 is 0 Å². The van der Waals surface area contributed by atoms with Gasteiger partial charge in [-0.15, -0.1) is 0 Å². The lowest BCUT2D eigenvalue weighted by Crippen LogP contribution is -2.21. The number of anilines is 2. The van der Waals surface area contributed by atoms with Crippen LogP contribution in [0.25, 0.3) is 6.08 Å². The van der Waals surface area contributed by atoms with E-state index >= 15 is 0 Å². The van der Waals surface area contributed by atoms with Crippen LogP contribution in [0.1, 0.15) is 27.8 Å². The number of nitrogens with zero attached hydrogens (tertiary/aromatic N) is 1. The average molecular weight is 488 g/mol. The van der Waals surface area contributed by atoms with Crippen LogP contribution in [0.2, 0.25) is 5.02 Å². The van der Waals surface area contributed by atoms with Crippen molar-refractivity contribution in [2.45, 2.75) is 27.7 Å². The smallest absolute Gasteiger partial charge is 0.266 e. The lowest BCUT2D eigenvalue weighted by molar-refractivity contribution is -0.118. The molecule has 0 radical (unpaired) electrons. The zero-order valence-electron chi connectivity index (χ0n) is 20.0. The second-order valence-electron chi connectivity index (χ2n) is 8.21. The Bertz CT molecular complexity index is 1360. The van der Waals surface area contributed by atoms with Gasteiger partial charge in [0.2, 0.25) is 0 Å². The summed E-state index contributed by atoms with van der Waals surface area (Å²) in [5, 5.41) is 15.6. The van der Waals surface area contributed by atoms with Crippen LogP contribution < -0.4 is 15.4 Å². The highest BCUT2D eigenvalue weighted by Gasteiger charge is 2.14. The molecule has 7 heteroatoms. The molecule has 0 bridgehead atoms. The highest BCUT2D eigenvalue weighted by Crippen LogP contribution is 2.26. The van der Waals surface area contributed by atoms with Gasteiger partial charge in [0, 0.05) is 22.0 Å². The molecule has 178 valence electrons. The zero-order chi connectivity index (χ0) is 25.5. The normalized spacial score (nSPS) is 10.9. The molecule has 2 N–H and O–H groups in total. The Kier molecular flexibility index (Phi) is 8.30. The van der Waals surface area contributed by atoms with E-state index in [0.29, 0.717) is 27.7 Å². The molecule has 6 nitrogen and oxygen atoms in total. The summed E-state index contributed by atoms with van der Waals surface area (Å²) in [6.45, 7) is 7.43. The van der Waals surface area contributed by atoms with E-state index < -0.39 is 5.91 Å². The monoisotopic (exact) mass is 487 g/mol. The molecule has 3 aromatic carbocycles. The van der Waals surface area contributed by atoms with E-state index in [1.165, 1.54) is 6.08 Å². The van der Waals surface area contributed by atoms with Crippen LogP contribution in [0, 0.1) is 39.0 Å². The summed E-state index contributed by atoms with van der Waals surface area (Å²) in [5.41, 5.74) is 5.52. The number of halogens is 1. The highest BCUT2D eigenvalue weighted by atomic mass is 35.5. The van der Waals surface area contributed by atoms with Gasteiger partial charge in [-0.3, -0.25) is 9.59 Å². The zero-order valence-corrected chi connectivity index (χ0v) is 20.8. The minimum absolute atomic E-state index is 0.127. The Morgan fingerprint density at radius 2 is 1.74 bits per heavy atom. The lowest BCUT2D eigenvalue weighted by atomic mass is 10.1. The average Bonchev–Trinajstić information content (AvgIpc) is 2.82. The van der Waals surface area contributed by atoms with E-state index in [0.717, 1.165) is 22.3 Å². The highest BCUT2D eigenvalue weighted by molar-refractivity contribution is 6.30. The van der Waals surface area contributed by atoms with Gasteiger partial charge in [-0.05, 0) is 86.4 Å². The number of hydrogen-bond acceptors (Lipinski definition) is 4. The van der Waals surface area contributed by atoms with Crippen molar-refractivity contribution in [1.82, 2.24) is 0 Å². The molecule has 0 aromatic heterocycles. The van der Waals surface area contributed by atoms with Gasteiger partial charge in [0.25, 0.3) is 11.8 Å². The maximum absolute atomic E-state index is 12.8. The van der Waals surface area contributed by atoms with E-state index in [1.54, 1.807) is 24.3 Å². The number of ether oxygens (including phenoxy) is 1. The van der Waals surface area contributed by atoms with Crippen LogP contribution in [0.4, 0.5) is 11.4 Å². The fraction of sp³-hybridized carbons (Fsp3) is 0.179. The topological polar surface area (TPSA) is 91.2 Å². The third-order valence-electron chi connectivity index (χ3n) is 5.52. The van der Waals surface area contributed by atoms with E-state index in [2.05, 4.69) is 10.6 Å². The second kappa shape index (κ2) is 11.4. The van der Waals surface area contributed by atoms with Crippen molar-refractivity contribution in [2.75, 3.05) is 17.2 Å². The summed E-state index contributed by atoms with van der Waals surface area (Å²) in [5.74, 6) is -0.575. The number of benzene rings is 3. The number of carbonyl (C=O) groups excluding carboxylic acids is 2. The molecule has 35 heavy (non-hydrogen) atoms. The SMILES string of the molecule is Cc1ccc(C)c(NC(=O)COc2ccc(Cl)cc2/C=C(/C#N)C(=O)Nc2cccc(C)c2C)c1. The van der Waals surface area contributed by atoms with Crippen molar-refractivity contribution in [3.63, 3.8) is 0 Å². The minimum atomic E-state index is -0.556. The molecule has 2 amide bonds. The maximum Gasteiger partial charge on any atom is 0.266 e. The minimum Gasteiger partial charge on any atom is -0.483 e. The van der Waals surface area contributed by atoms with Crippen molar-refractivity contribution in [3.8, 4) is 11.8 Å². The van der Waals surface area contributed by atoms with Gasteiger partial charge in [-0.2, -0.15) is 5.26 Å². The number of rotatable bonds is 7. The van der Waals surface area contributed by atoms with Crippen molar-refractivity contribution in [2.24, 2.45) is 0 Å². The largest absolute Gasteiger partial charge is 0.483 e. The third-order valence-corrected chi connectivity index (χ3v) is 5.75. The van der Waals surface area contributed by atoms with Crippen molar-refractivity contribution < 1.29 is 14.3 Å².